The number of hydrogen-bond donors (Lipinski definition) is 2. The van der Waals surface area contributed by atoms with Gasteiger partial charge in [0, 0.05) is 12.0 Å². The number of rotatable bonds is 2. The molecule has 2 rings (SSSR count). The first-order valence-corrected chi connectivity index (χ1v) is 6.68. The number of H-pyrrole nitrogens is 1. The summed E-state index contributed by atoms with van der Waals surface area (Å²) in [6.45, 7) is 8.14. The summed E-state index contributed by atoms with van der Waals surface area (Å²) in [6.07, 6.45) is 0.680. The maximum atomic E-state index is 12.4. The molecule has 1 fully saturated rings. The van der Waals surface area contributed by atoms with Crippen molar-refractivity contribution in [1.29, 1.82) is 0 Å². The summed E-state index contributed by atoms with van der Waals surface area (Å²) in [5.41, 5.74) is -0.240. The largest absolute Gasteiger partial charge is 0.480 e. The third-order valence-electron chi connectivity index (χ3n) is 3.60. The zero-order valence-electron chi connectivity index (χ0n) is 12.2. The smallest absolute Gasteiger partial charge is 0.326 e. The minimum absolute atomic E-state index is 0.0373. The highest BCUT2D eigenvalue weighted by Gasteiger charge is 2.41. The van der Waals surface area contributed by atoms with Gasteiger partial charge in [-0.05, 0) is 12.3 Å². The molecule has 1 aliphatic heterocycles. The van der Waals surface area contributed by atoms with Crippen LogP contribution in [0.1, 0.15) is 50.6 Å². The van der Waals surface area contributed by atoms with Crippen LogP contribution in [0.15, 0.2) is 0 Å². The summed E-state index contributed by atoms with van der Waals surface area (Å²) < 4.78 is 0. The number of carbonyl (C=O) groups excluding carboxylic acids is 1. The molecule has 2 unspecified atom stereocenters. The Kier molecular flexibility index (Phi) is 3.54. The molecule has 1 aliphatic rings. The van der Waals surface area contributed by atoms with E-state index in [0.29, 0.717) is 18.8 Å². The Labute approximate surface area is 117 Å². The van der Waals surface area contributed by atoms with Gasteiger partial charge in [-0.1, -0.05) is 27.7 Å². The van der Waals surface area contributed by atoms with E-state index >= 15 is 0 Å². The van der Waals surface area contributed by atoms with Crippen LogP contribution in [0, 0.1) is 5.92 Å². The number of aromatic amines is 1. The molecule has 2 N–H and O–H groups in total. The van der Waals surface area contributed by atoms with E-state index < -0.39 is 17.9 Å². The molecular weight excluding hydrogens is 260 g/mol. The lowest BCUT2D eigenvalue weighted by atomic mass is 9.96. The van der Waals surface area contributed by atoms with Crippen LogP contribution in [0.5, 0.6) is 0 Å². The first-order valence-electron chi connectivity index (χ1n) is 6.68. The minimum atomic E-state index is -0.977. The van der Waals surface area contributed by atoms with E-state index in [1.807, 2.05) is 27.7 Å². The second kappa shape index (κ2) is 4.88. The van der Waals surface area contributed by atoms with Crippen LogP contribution < -0.4 is 0 Å². The van der Waals surface area contributed by atoms with Crippen molar-refractivity contribution >= 4 is 11.9 Å². The molecule has 7 nitrogen and oxygen atoms in total. The van der Waals surface area contributed by atoms with Crippen LogP contribution >= 0.6 is 0 Å². The van der Waals surface area contributed by atoms with E-state index in [0.717, 1.165) is 0 Å². The van der Waals surface area contributed by atoms with Crippen molar-refractivity contribution in [3.8, 4) is 0 Å². The van der Waals surface area contributed by atoms with Crippen molar-refractivity contribution in [1.82, 2.24) is 20.1 Å². The Morgan fingerprint density at radius 2 is 2.05 bits per heavy atom. The average molecular weight is 280 g/mol. The third-order valence-corrected chi connectivity index (χ3v) is 3.60. The van der Waals surface area contributed by atoms with Gasteiger partial charge < -0.3 is 10.0 Å². The molecule has 20 heavy (non-hydrogen) atoms. The number of nitrogens with one attached hydrogen (secondary N) is 1. The lowest BCUT2D eigenvalue weighted by Crippen LogP contribution is -2.43. The Hall–Kier alpha value is -1.92. The first kappa shape index (κ1) is 14.5. The molecule has 1 aromatic heterocycles. The summed E-state index contributed by atoms with van der Waals surface area (Å²) in [5, 5.41) is 15.9. The molecule has 1 saturated heterocycles. The number of carbonyl (C=O) groups is 2. The number of carboxylic acids is 1. The van der Waals surface area contributed by atoms with Gasteiger partial charge >= 0.3 is 5.97 Å². The molecule has 0 aromatic carbocycles. The number of carboxylic acid groups (broad SMARTS) is 1. The number of likely N-dealkylation sites (tertiary alicyclic amines) is 1. The van der Waals surface area contributed by atoms with Gasteiger partial charge in [0.05, 0.1) is 0 Å². The van der Waals surface area contributed by atoms with E-state index in [1.54, 1.807) is 0 Å². The maximum Gasteiger partial charge on any atom is 0.326 e. The fourth-order valence-electron chi connectivity index (χ4n) is 2.37. The van der Waals surface area contributed by atoms with E-state index in [2.05, 4.69) is 15.2 Å². The van der Waals surface area contributed by atoms with Crippen LogP contribution in [0.25, 0.3) is 0 Å². The highest BCUT2D eigenvalue weighted by atomic mass is 16.4. The van der Waals surface area contributed by atoms with Gasteiger partial charge in [-0.2, -0.15) is 0 Å². The quantitative estimate of drug-likeness (QED) is 0.843. The highest BCUT2D eigenvalue weighted by molar-refractivity contribution is 5.94. The van der Waals surface area contributed by atoms with E-state index in [1.165, 1.54) is 4.90 Å². The zero-order valence-corrected chi connectivity index (χ0v) is 12.2. The van der Waals surface area contributed by atoms with Crippen LogP contribution in [-0.2, 0) is 10.2 Å². The second-order valence-corrected chi connectivity index (χ2v) is 6.31. The molecule has 1 amide bonds. The Morgan fingerprint density at radius 3 is 2.55 bits per heavy atom. The Balaban J connectivity index is 2.23. The topological polar surface area (TPSA) is 99.2 Å². The molecule has 0 spiro atoms. The molecule has 1 aromatic rings. The molecule has 2 atom stereocenters. The summed E-state index contributed by atoms with van der Waals surface area (Å²) in [6, 6.07) is -0.793. The van der Waals surface area contributed by atoms with Crippen molar-refractivity contribution in [2.24, 2.45) is 5.92 Å². The van der Waals surface area contributed by atoms with Crippen LogP contribution in [0.2, 0.25) is 0 Å². The van der Waals surface area contributed by atoms with Crippen LogP contribution in [-0.4, -0.2) is 49.7 Å². The Bertz CT molecular complexity index is 532. The zero-order chi connectivity index (χ0) is 15.1. The number of hydrogen-bond acceptors (Lipinski definition) is 4. The molecular formula is C13H20N4O3. The number of nitrogens with zero attached hydrogens (tertiary/aromatic N) is 3. The maximum absolute atomic E-state index is 12.4. The third kappa shape index (κ3) is 2.52. The van der Waals surface area contributed by atoms with Crippen molar-refractivity contribution in [2.75, 3.05) is 6.54 Å². The van der Waals surface area contributed by atoms with Crippen molar-refractivity contribution in [3.05, 3.63) is 11.6 Å². The number of aromatic nitrogens is 3. The van der Waals surface area contributed by atoms with Crippen LogP contribution in [0.3, 0.4) is 0 Å². The SMILES string of the molecule is CC1CCN(C(=O)c2n[nH]c(C(C)(C)C)n2)C1C(=O)O. The van der Waals surface area contributed by atoms with Crippen molar-refractivity contribution in [3.63, 3.8) is 0 Å². The molecule has 7 heteroatoms. The van der Waals surface area contributed by atoms with Gasteiger partial charge in [0.15, 0.2) is 0 Å². The van der Waals surface area contributed by atoms with E-state index in [4.69, 9.17) is 0 Å². The van der Waals surface area contributed by atoms with Gasteiger partial charge in [-0.25, -0.2) is 9.78 Å². The second-order valence-electron chi connectivity index (χ2n) is 6.31. The first-order chi connectivity index (χ1) is 9.21. The predicted octanol–water partition coefficient (Wildman–Crippen LogP) is 1.04. The van der Waals surface area contributed by atoms with Gasteiger partial charge in [-0.3, -0.25) is 9.89 Å². The van der Waals surface area contributed by atoms with E-state index in [-0.39, 0.29) is 17.2 Å². The van der Waals surface area contributed by atoms with Crippen molar-refractivity contribution in [2.45, 2.75) is 45.6 Å². The fraction of sp³-hybridized carbons (Fsp3) is 0.692. The normalized spacial score (nSPS) is 23.1. The van der Waals surface area contributed by atoms with E-state index in [9.17, 15) is 14.7 Å². The molecule has 2 heterocycles. The summed E-state index contributed by atoms with van der Waals surface area (Å²) >= 11 is 0. The number of aliphatic carboxylic acids is 1. The molecule has 110 valence electrons. The minimum Gasteiger partial charge on any atom is -0.480 e. The highest BCUT2D eigenvalue weighted by Crippen LogP contribution is 2.26. The lowest BCUT2D eigenvalue weighted by Gasteiger charge is -2.21. The van der Waals surface area contributed by atoms with Gasteiger partial charge in [0.1, 0.15) is 11.9 Å². The summed E-state index contributed by atoms with van der Waals surface area (Å²) in [5.74, 6) is -0.809. The van der Waals surface area contributed by atoms with Gasteiger partial charge in [0.25, 0.3) is 5.91 Å². The standard InChI is InChI=1S/C13H20N4O3/c1-7-5-6-17(8(7)11(19)20)10(18)9-14-12(16-15-9)13(2,3)4/h7-8H,5-6H2,1-4H3,(H,19,20)(H,14,15,16). The Morgan fingerprint density at radius 1 is 1.40 bits per heavy atom. The summed E-state index contributed by atoms with van der Waals surface area (Å²) in [4.78, 5) is 29.2. The van der Waals surface area contributed by atoms with Gasteiger partial charge in [-0.15, -0.1) is 5.10 Å². The lowest BCUT2D eigenvalue weighted by molar-refractivity contribution is -0.142. The average Bonchev–Trinajstić information content (AvgIpc) is 2.93. The summed E-state index contributed by atoms with van der Waals surface area (Å²) in [7, 11) is 0. The molecule has 0 saturated carbocycles. The molecule has 0 aliphatic carbocycles. The van der Waals surface area contributed by atoms with Crippen LogP contribution in [0.4, 0.5) is 0 Å². The number of amides is 1. The monoisotopic (exact) mass is 280 g/mol. The predicted molar refractivity (Wildman–Crippen MR) is 71.3 cm³/mol. The molecule has 0 bridgehead atoms. The fourth-order valence-corrected chi connectivity index (χ4v) is 2.37. The van der Waals surface area contributed by atoms with Crippen molar-refractivity contribution < 1.29 is 14.7 Å². The van der Waals surface area contributed by atoms with Gasteiger partial charge in [0.2, 0.25) is 5.82 Å². The molecule has 0 radical (unpaired) electrons.